The van der Waals surface area contributed by atoms with Crippen molar-refractivity contribution < 1.29 is 21.6 Å². The van der Waals surface area contributed by atoms with E-state index in [1.165, 1.54) is 0 Å². The van der Waals surface area contributed by atoms with E-state index >= 15 is 0 Å². The Bertz CT molecular complexity index is 786. The van der Waals surface area contributed by atoms with Crippen LogP contribution in [0.1, 0.15) is 11.3 Å². The number of hydrogen-bond acceptors (Lipinski definition) is 4. The van der Waals surface area contributed by atoms with Crippen LogP contribution in [0.25, 0.3) is 11.3 Å². The monoisotopic (exact) mass is 316 g/mol. The molecular weight excluding hydrogens is 305 g/mol. The second-order valence-corrected chi connectivity index (χ2v) is 6.47. The predicted octanol–water partition coefficient (Wildman–Crippen LogP) is 2.87. The van der Waals surface area contributed by atoms with Crippen molar-refractivity contribution in [1.82, 2.24) is 9.97 Å². The summed E-state index contributed by atoms with van der Waals surface area (Å²) >= 11 is 0. The molecule has 0 atom stereocenters. The third kappa shape index (κ3) is 3.57. The van der Waals surface area contributed by atoms with Gasteiger partial charge in [0.1, 0.15) is 5.69 Å². The summed E-state index contributed by atoms with van der Waals surface area (Å²) in [5.41, 5.74) is -0.149. The summed E-state index contributed by atoms with van der Waals surface area (Å²) in [4.78, 5) is 6.83. The number of halogens is 3. The summed E-state index contributed by atoms with van der Waals surface area (Å²) in [6.45, 7) is 1.77. The molecule has 0 aliphatic rings. The molecule has 21 heavy (non-hydrogen) atoms. The van der Waals surface area contributed by atoms with Crippen molar-refractivity contribution in [2.75, 3.05) is 6.26 Å². The lowest BCUT2D eigenvalue weighted by molar-refractivity contribution is -0.141. The van der Waals surface area contributed by atoms with Gasteiger partial charge in [-0.25, -0.2) is 18.4 Å². The van der Waals surface area contributed by atoms with Gasteiger partial charge in [0.15, 0.2) is 0 Å². The van der Waals surface area contributed by atoms with Gasteiger partial charge in [0.2, 0.25) is 15.0 Å². The van der Waals surface area contributed by atoms with E-state index in [4.69, 9.17) is 0 Å². The zero-order valence-corrected chi connectivity index (χ0v) is 12.0. The summed E-state index contributed by atoms with van der Waals surface area (Å²) in [5.74, 6) is 0. The van der Waals surface area contributed by atoms with Crippen LogP contribution in [0, 0.1) is 6.92 Å². The number of nitrogens with zero attached hydrogens (tertiary/aromatic N) is 2. The predicted molar refractivity (Wildman–Crippen MR) is 70.3 cm³/mol. The third-order valence-corrected chi connectivity index (χ3v) is 3.49. The van der Waals surface area contributed by atoms with Crippen molar-refractivity contribution in [3.63, 3.8) is 0 Å². The van der Waals surface area contributed by atoms with Gasteiger partial charge in [0, 0.05) is 11.8 Å². The van der Waals surface area contributed by atoms with Crippen molar-refractivity contribution in [3.8, 4) is 11.3 Å². The zero-order chi connectivity index (χ0) is 15.8. The van der Waals surface area contributed by atoms with E-state index in [1.54, 1.807) is 31.2 Å². The summed E-state index contributed by atoms with van der Waals surface area (Å²) in [6.07, 6.45) is -3.98. The molecule has 1 heterocycles. The summed E-state index contributed by atoms with van der Waals surface area (Å²) in [7, 11) is -3.95. The Balaban J connectivity index is 2.72. The van der Waals surface area contributed by atoms with Crippen LogP contribution in [0.3, 0.4) is 0 Å². The maximum absolute atomic E-state index is 12.8. The van der Waals surface area contributed by atoms with Crippen molar-refractivity contribution in [3.05, 3.63) is 41.6 Å². The molecule has 1 aromatic carbocycles. The molecule has 0 spiro atoms. The van der Waals surface area contributed by atoms with Crippen LogP contribution in [0.2, 0.25) is 0 Å². The molecule has 0 saturated carbocycles. The largest absolute Gasteiger partial charge is 0.433 e. The standard InChI is InChI=1S/C13H11F3N2O2S/c1-8-4-3-5-9(6-8)10-7-11(13(14,15)16)18-12(17-10)21(2,19)20/h3-7H,1-2H3. The molecule has 0 radical (unpaired) electrons. The number of aryl methyl sites for hydroxylation is 1. The molecule has 0 N–H and O–H groups in total. The van der Waals surface area contributed by atoms with Crippen molar-refractivity contribution in [2.45, 2.75) is 18.3 Å². The van der Waals surface area contributed by atoms with E-state index in [0.717, 1.165) is 17.9 Å². The van der Waals surface area contributed by atoms with Crippen LogP contribution in [0.5, 0.6) is 0 Å². The van der Waals surface area contributed by atoms with Crippen LogP contribution in [0.4, 0.5) is 13.2 Å². The molecule has 2 aromatic rings. The molecule has 0 saturated heterocycles. The fraction of sp³-hybridized carbons (Fsp3) is 0.231. The molecule has 8 heteroatoms. The summed E-state index contributed by atoms with van der Waals surface area (Å²) in [5, 5.41) is -0.839. The summed E-state index contributed by atoms with van der Waals surface area (Å²) < 4.78 is 61.5. The number of benzene rings is 1. The average molecular weight is 316 g/mol. The average Bonchev–Trinajstić information content (AvgIpc) is 2.36. The van der Waals surface area contributed by atoms with Gasteiger partial charge in [-0.1, -0.05) is 23.8 Å². The highest BCUT2D eigenvalue weighted by molar-refractivity contribution is 7.90. The highest BCUT2D eigenvalue weighted by Crippen LogP contribution is 2.31. The first kappa shape index (κ1) is 15.4. The quantitative estimate of drug-likeness (QED) is 0.799. The Morgan fingerprint density at radius 2 is 1.76 bits per heavy atom. The van der Waals surface area contributed by atoms with Gasteiger partial charge in [-0.2, -0.15) is 13.2 Å². The van der Waals surface area contributed by atoms with Gasteiger partial charge in [-0.3, -0.25) is 0 Å². The number of sulfone groups is 1. The molecular formula is C13H11F3N2O2S. The van der Waals surface area contributed by atoms with E-state index in [2.05, 4.69) is 9.97 Å². The molecule has 0 amide bonds. The zero-order valence-electron chi connectivity index (χ0n) is 11.1. The third-order valence-electron chi connectivity index (χ3n) is 2.64. The van der Waals surface area contributed by atoms with Gasteiger partial charge < -0.3 is 0 Å². The Labute approximate surface area is 119 Å². The maximum Gasteiger partial charge on any atom is 0.433 e. The number of aromatic nitrogens is 2. The minimum atomic E-state index is -4.75. The van der Waals surface area contributed by atoms with E-state index in [0.29, 0.717) is 5.56 Å². The molecule has 0 unspecified atom stereocenters. The van der Waals surface area contributed by atoms with Gasteiger partial charge >= 0.3 is 6.18 Å². The molecule has 1 aromatic heterocycles. The normalized spacial score (nSPS) is 12.4. The first-order valence-corrected chi connectivity index (χ1v) is 7.70. The van der Waals surface area contributed by atoms with Gasteiger partial charge in [-0.05, 0) is 19.1 Å². The Morgan fingerprint density at radius 1 is 1.10 bits per heavy atom. The van der Waals surface area contributed by atoms with E-state index in [1.807, 2.05) is 0 Å². The van der Waals surface area contributed by atoms with Gasteiger partial charge in [0.25, 0.3) is 0 Å². The first-order chi connectivity index (χ1) is 9.57. The van der Waals surface area contributed by atoms with Crippen LogP contribution in [-0.4, -0.2) is 24.6 Å². The number of alkyl halides is 3. The van der Waals surface area contributed by atoms with E-state index in [9.17, 15) is 21.6 Å². The number of rotatable bonds is 2. The minimum Gasteiger partial charge on any atom is -0.221 e. The van der Waals surface area contributed by atoms with Crippen LogP contribution >= 0.6 is 0 Å². The minimum absolute atomic E-state index is 0.0820. The van der Waals surface area contributed by atoms with Crippen molar-refractivity contribution in [1.29, 1.82) is 0 Å². The first-order valence-electron chi connectivity index (χ1n) is 5.81. The molecule has 0 aliphatic heterocycles. The molecule has 2 rings (SSSR count). The SMILES string of the molecule is Cc1cccc(-c2cc(C(F)(F)F)nc(S(C)(=O)=O)n2)c1. The number of hydrogen-bond donors (Lipinski definition) is 0. The Hall–Kier alpha value is -1.96. The highest BCUT2D eigenvalue weighted by Gasteiger charge is 2.34. The second-order valence-electron chi connectivity index (χ2n) is 4.56. The topological polar surface area (TPSA) is 59.9 Å². The fourth-order valence-electron chi connectivity index (χ4n) is 1.69. The van der Waals surface area contributed by atoms with Gasteiger partial charge in [-0.15, -0.1) is 0 Å². The molecule has 0 fully saturated rings. The van der Waals surface area contributed by atoms with Crippen LogP contribution in [-0.2, 0) is 16.0 Å². The maximum atomic E-state index is 12.8. The highest BCUT2D eigenvalue weighted by atomic mass is 32.2. The summed E-state index contributed by atoms with van der Waals surface area (Å²) in [6, 6.07) is 7.34. The van der Waals surface area contributed by atoms with Crippen molar-refractivity contribution in [2.24, 2.45) is 0 Å². The second kappa shape index (κ2) is 5.10. The van der Waals surface area contributed by atoms with Crippen LogP contribution < -0.4 is 0 Å². The fourth-order valence-corrected chi connectivity index (χ4v) is 2.22. The Kier molecular flexibility index (Phi) is 3.75. The Morgan fingerprint density at radius 3 is 2.29 bits per heavy atom. The molecule has 0 aliphatic carbocycles. The van der Waals surface area contributed by atoms with Crippen LogP contribution in [0.15, 0.2) is 35.5 Å². The molecule has 112 valence electrons. The van der Waals surface area contributed by atoms with Gasteiger partial charge in [0.05, 0.1) is 5.69 Å². The van der Waals surface area contributed by atoms with E-state index < -0.39 is 26.9 Å². The molecule has 4 nitrogen and oxygen atoms in total. The lowest BCUT2D eigenvalue weighted by atomic mass is 10.1. The molecule has 0 bridgehead atoms. The van der Waals surface area contributed by atoms with Crippen molar-refractivity contribution >= 4 is 9.84 Å². The lowest BCUT2D eigenvalue weighted by Crippen LogP contribution is -2.14. The smallest absolute Gasteiger partial charge is 0.221 e. The lowest BCUT2D eigenvalue weighted by Gasteiger charge is -2.10. The van der Waals surface area contributed by atoms with E-state index in [-0.39, 0.29) is 5.69 Å².